The lowest BCUT2D eigenvalue weighted by Gasteiger charge is -2.11. The minimum absolute atomic E-state index is 0.583. The van der Waals surface area contributed by atoms with Gasteiger partial charge < -0.3 is 4.57 Å². The van der Waals surface area contributed by atoms with Crippen LogP contribution in [0.4, 0.5) is 0 Å². The fourth-order valence-corrected chi connectivity index (χ4v) is 8.12. The maximum absolute atomic E-state index is 5.09. The predicted octanol–water partition coefficient (Wildman–Crippen LogP) is 12.1. The van der Waals surface area contributed by atoms with Crippen molar-refractivity contribution in [1.29, 1.82) is 0 Å². The van der Waals surface area contributed by atoms with E-state index in [9.17, 15) is 0 Å². The molecule has 0 atom stereocenters. The minimum Gasteiger partial charge on any atom is -0.308 e. The Kier molecular flexibility index (Phi) is 7.38. The van der Waals surface area contributed by atoms with Gasteiger partial charge in [-0.2, -0.15) is 9.97 Å². The Morgan fingerprint density at radius 3 is 1.70 bits per heavy atom. The second-order valence-electron chi connectivity index (χ2n) is 13.9. The fourth-order valence-electron chi connectivity index (χ4n) is 8.12. The Balaban J connectivity index is 1.03. The van der Waals surface area contributed by atoms with Gasteiger partial charge >= 0.3 is 0 Å². The molecule has 4 aromatic heterocycles. The molecule has 0 amide bonds. The van der Waals surface area contributed by atoms with E-state index in [1.165, 1.54) is 21.9 Å². The molecule has 7 aromatic carbocycles. The highest BCUT2D eigenvalue weighted by atomic mass is 15.2. The molecule has 0 aliphatic carbocycles. The SMILES string of the molecule is c1ccc(-c2nc(-c3ccccc3)nc(-n3c4ccccc4c4cc(-c5ccc(-c6cccc7c6c6ccncc6n7-c6ccccc6)cc5)ccc43)n2)cc1. The third kappa shape index (κ3) is 5.19. The van der Waals surface area contributed by atoms with Crippen LogP contribution in [-0.2, 0) is 0 Å². The van der Waals surface area contributed by atoms with Crippen LogP contribution in [0.25, 0.3) is 100 Å². The third-order valence-corrected chi connectivity index (χ3v) is 10.7. The van der Waals surface area contributed by atoms with Gasteiger partial charge in [-0.1, -0.05) is 140 Å². The highest BCUT2D eigenvalue weighted by Gasteiger charge is 2.19. The predicted molar refractivity (Wildman–Crippen MR) is 228 cm³/mol. The third-order valence-electron chi connectivity index (χ3n) is 10.7. The molecule has 4 heterocycles. The highest BCUT2D eigenvalue weighted by molar-refractivity contribution is 6.15. The lowest BCUT2D eigenvalue weighted by Crippen LogP contribution is -2.06. The number of hydrogen-bond donors (Lipinski definition) is 0. The summed E-state index contributed by atoms with van der Waals surface area (Å²) in [7, 11) is 0. The van der Waals surface area contributed by atoms with Gasteiger partial charge in [0.25, 0.3) is 0 Å². The first kappa shape index (κ1) is 31.8. The number of fused-ring (bicyclic) bond motifs is 6. The Hall–Kier alpha value is -7.70. The van der Waals surface area contributed by atoms with E-state index < -0.39 is 0 Å². The van der Waals surface area contributed by atoms with Crippen molar-refractivity contribution in [3.63, 3.8) is 0 Å². The monoisotopic (exact) mass is 716 g/mol. The van der Waals surface area contributed by atoms with Gasteiger partial charge in [0.2, 0.25) is 5.95 Å². The molecule has 6 nitrogen and oxygen atoms in total. The van der Waals surface area contributed by atoms with E-state index in [0.717, 1.165) is 60.8 Å². The average molecular weight is 717 g/mol. The second kappa shape index (κ2) is 13.0. The number of benzene rings is 7. The number of hydrogen-bond acceptors (Lipinski definition) is 4. The van der Waals surface area contributed by atoms with E-state index in [0.29, 0.717) is 17.6 Å². The normalized spacial score (nSPS) is 11.6. The van der Waals surface area contributed by atoms with Gasteiger partial charge in [-0.15, -0.1) is 0 Å². The van der Waals surface area contributed by atoms with E-state index in [2.05, 4.69) is 135 Å². The number of nitrogens with zero attached hydrogens (tertiary/aromatic N) is 6. The summed E-state index contributed by atoms with van der Waals surface area (Å²) >= 11 is 0. The van der Waals surface area contributed by atoms with Gasteiger partial charge in [-0.05, 0) is 64.7 Å². The Labute approximate surface area is 322 Å². The van der Waals surface area contributed by atoms with Gasteiger partial charge in [-0.3, -0.25) is 9.55 Å². The van der Waals surface area contributed by atoms with Crippen LogP contribution in [0.1, 0.15) is 0 Å². The second-order valence-corrected chi connectivity index (χ2v) is 13.9. The summed E-state index contributed by atoms with van der Waals surface area (Å²) in [6.07, 6.45) is 3.85. The van der Waals surface area contributed by atoms with E-state index in [1.807, 2.05) is 73.1 Å². The summed E-state index contributed by atoms with van der Waals surface area (Å²) in [6, 6.07) is 63.6. The summed E-state index contributed by atoms with van der Waals surface area (Å²) in [4.78, 5) is 19.6. The van der Waals surface area contributed by atoms with Gasteiger partial charge in [0.1, 0.15) is 0 Å². The van der Waals surface area contributed by atoms with E-state index in [-0.39, 0.29) is 0 Å². The number of rotatable bonds is 6. The summed E-state index contributed by atoms with van der Waals surface area (Å²) in [5.41, 5.74) is 12.0. The van der Waals surface area contributed by atoms with Crippen molar-refractivity contribution in [3.05, 3.63) is 194 Å². The van der Waals surface area contributed by atoms with E-state index in [4.69, 9.17) is 15.0 Å². The maximum Gasteiger partial charge on any atom is 0.238 e. The Morgan fingerprint density at radius 1 is 0.357 bits per heavy atom. The molecule has 0 saturated heterocycles. The summed E-state index contributed by atoms with van der Waals surface area (Å²) in [5, 5.41) is 4.68. The Morgan fingerprint density at radius 2 is 0.964 bits per heavy atom. The molecule has 0 aliphatic rings. The zero-order valence-corrected chi connectivity index (χ0v) is 30.2. The zero-order valence-electron chi connectivity index (χ0n) is 30.2. The summed E-state index contributed by atoms with van der Waals surface area (Å²) in [6.45, 7) is 0. The molecule has 0 saturated carbocycles. The molecule has 11 rings (SSSR count). The van der Waals surface area contributed by atoms with Crippen LogP contribution < -0.4 is 0 Å². The number of aromatic nitrogens is 6. The van der Waals surface area contributed by atoms with Crippen molar-refractivity contribution < 1.29 is 0 Å². The molecule has 6 heteroatoms. The summed E-state index contributed by atoms with van der Waals surface area (Å²) < 4.78 is 4.48. The van der Waals surface area contributed by atoms with Crippen LogP contribution in [-0.4, -0.2) is 29.1 Å². The standard InChI is InChI=1S/C50H32N6/c1-4-13-35(14-5-1)48-52-49(36-15-6-2-7-16-36)54-50(53-48)56-43-21-11-10-19-40(43)42-31-37(27-28-44(42)56)33-23-25-34(26-24-33)39-20-12-22-45-47(39)41-29-30-51-32-46(41)55(45)38-17-8-3-9-18-38/h1-32H. The molecule has 0 unspecified atom stereocenters. The molecule has 0 spiro atoms. The first-order valence-electron chi connectivity index (χ1n) is 18.7. The van der Waals surface area contributed by atoms with Crippen molar-refractivity contribution in [1.82, 2.24) is 29.1 Å². The van der Waals surface area contributed by atoms with Crippen molar-refractivity contribution >= 4 is 43.6 Å². The molecule has 262 valence electrons. The van der Waals surface area contributed by atoms with Crippen molar-refractivity contribution in [2.45, 2.75) is 0 Å². The molecule has 0 bridgehead atoms. The molecule has 0 fully saturated rings. The van der Waals surface area contributed by atoms with Crippen molar-refractivity contribution in [2.75, 3.05) is 0 Å². The fraction of sp³-hybridized carbons (Fsp3) is 0. The summed E-state index contributed by atoms with van der Waals surface area (Å²) in [5.74, 6) is 1.85. The Bertz CT molecular complexity index is 3160. The molecular formula is C50H32N6. The zero-order chi connectivity index (χ0) is 37.0. The molecule has 56 heavy (non-hydrogen) atoms. The lowest BCUT2D eigenvalue weighted by atomic mass is 9.96. The highest BCUT2D eigenvalue weighted by Crippen LogP contribution is 2.40. The van der Waals surface area contributed by atoms with Crippen LogP contribution in [0, 0.1) is 0 Å². The first-order chi connectivity index (χ1) is 27.8. The molecule has 0 aliphatic heterocycles. The smallest absolute Gasteiger partial charge is 0.238 e. The van der Waals surface area contributed by atoms with Crippen LogP contribution >= 0.6 is 0 Å². The molecular weight excluding hydrogens is 685 g/mol. The largest absolute Gasteiger partial charge is 0.308 e. The van der Waals surface area contributed by atoms with Gasteiger partial charge in [-0.25, -0.2) is 4.98 Å². The van der Waals surface area contributed by atoms with Gasteiger partial charge in [0, 0.05) is 44.6 Å². The maximum atomic E-state index is 5.09. The van der Waals surface area contributed by atoms with Crippen LogP contribution in [0.2, 0.25) is 0 Å². The molecule has 11 aromatic rings. The van der Waals surface area contributed by atoms with Crippen LogP contribution in [0.5, 0.6) is 0 Å². The van der Waals surface area contributed by atoms with Crippen molar-refractivity contribution in [2.24, 2.45) is 0 Å². The molecule has 0 N–H and O–H groups in total. The van der Waals surface area contributed by atoms with Crippen LogP contribution in [0.15, 0.2) is 194 Å². The van der Waals surface area contributed by atoms with E-state index in [1.54, 1.807) is 0 Å². The van der Waals surface area contributed by atoms with E-state index >= 15 is 0 Å². The van der Waals surface area contributed by atoms with Gasteiger partial charge in [0.05, 0.1) is 28.3 Å². The lowest BCUT2D eigenvalue weighted by molar-refractivity contribution is 0.953. The van der Waals surface area contributed by atoms with Crippen molar-refractivity contribution in [3.8, 4) is 56.7 Å². The molecule has 0 radical (unpaired) electrons. The first-order valence-corrected chi connectivity index (χ1v) is 18.7. The quantitative estimate of drug-likeness (QED) is 0.172. The number of pyridine rings is 1. The topological polar surface area (TPSA) is 61.4 Å². The minimum atomic E-state index is 0.583. The van der Waals surface area contributed by atoms with Gasteiger partial charge in [0.15, 0.2) is 11.6 Å². The number of para-hydroxylation sites is 2. The van der Waals surface area contributed by atoms with Crippen LogP contribution in [0.3, 0.4) is 0 Å². The average Bonchev–Trinajstić information content (AvgIpc) is 3.80.